The smallest absolute Gasteiger partial charge is 0.389 e. The Morgan fingerprint density at radius 2 is 2.12 bits per heavy atom. The van der Waals surface area contributed by atoms with Crippen LogP contribution in [-0.2, 0) is 0 Å². The number of fused-ring (bicyclic) bond motifs is 1. The van der Waals surface area contributed by atoms with E-state index in [1.165, 1.54) is 0 Å². The van der Waals surface area contributed by atoms with Gasteiger partial charge in [0, 0.05) is 0 Å². The molecule has 0 radical (unpaired) electrons. The van der Waals surface area contributed by atoms with Crippen LogP contribution in [0.4, 0.5) is 13.2 Å². The second-order valence-electron chi connectivity index (χ2n) is 4.19. The van der Waals surface area contributed by atoms with E-state index in [-0.39, 0.29) is 12.2 Å². The number of alkyl halides is 3. The van der Waals surface area contributed by atoms with Crippen LogP contribution in [-0.4, -0.2) is 18.6 Å². The Hall–Kier alpha value is -1.52. The molecule has 0 N–H and O–H groups in total. The summed E-state index contributed by atoms with van der Waals surface area (Å²) in [6, 6.07) is 4.95. The van der Waals surface area contributed by atoms with Crippen molar-refractivity contribution in [2.24, 2.45) is 5.92 Å². The highest BCUT2D eigenvalue weighted by molar-refractivity contribution is 6.01. The molecule has 1 atom stereocenters. The minimum atomic E-state index is -4.34. The van der Waals surface area contributed by atoms with E-state index in [9.17, 15) is 18.0 Å². The van der Waals surface area contributed by atoms with Crippen LogP contribution in [0.15, 0.2) is 18.2 Å². The van der Waals surface area contributed by atoms with Crippen molar-refractivity contribution in [2.75, 3.05) is 6.61 Å². The van der Waals surface area contributed by atoms with Crippen LogP contribution in [0.1, 0.15) is 22.3 Å². The summed E-state index contributed by atoms with van der Waals surface area (Å²) in [5.41, 5.74) is 1.08. The van der Waals surface area contributed by atoms with Crippen LogP contribution < -0.4 is 4.74 Å². The van der Waals surface area contributed by atoms with Crippen LogP contribution in [0.25, 0.3) is 0 Å². The molecular formula is C12H11F3O2. The van der Waals surface area contributed by atoms with Crippen molar-refractivity contribution in [3.8, 4) is 5.75 Å². The van der Waals surface area contributed by atoms with Gasteiger partial charge in [-0.05, 0) is 19.1 Å². The molecule has 1 aliphatic heterocycles. The molecule has 2 nitrogen and oxygen atoms in total. The van der Waals surface area contributed by atoms with Crippen LogP contribution in [0.3, 0.4) is 0 Å². The first-order valence-electron chi connectivity index (χ1n) is 5.21. The fraction of sp³-hybridized carbons (Fsp3) is 0.417. The summed E-state index contributed by atoms with van der Waals surface area (Å²) in [5, 5.41) is 0. The Morgan fingerprint density at radius 1 is 1.41 bits per heavy atom. The Kier molecular flexibility index (Phi) is 2.85. The third-order valence-corrected chi connectivity index (χ3v) is 2.69. The zero-order chi connectivity index (χ0) is 12.6. The van der Waals surface area contributed by atoms with Crippen molar-refractivity contribution in [3.05, 3.63) is 29.3 Å². The van der Waals surface area contributed by atoms with Gasteiger partial charge in [0.1, 0.15) is 5.75 Å². The molecule has 0 bridgehead atoms. The summed E-state index contributed by atoms with van der Waals surface area (Å²) in [7, 11) is 0. The predicted octanol–water partition coefficient (Wildman–Crippen LogP) is 3.14. The Morgan fingerprint density at radius 3 is 2.76 bits per heavy atom. The maximum atomic E-state index is 12.3. The molecular weight excluding hydrogens is 233 g/mol. The third kappa shape index (κ3) is 2.60. The van der Waals surface area contributed by atoms with Gasteiger partial charge in [0.05, 0.1) is 24.5 Å². The number of ether oxygens (including phenoxy) is 1. The SMILES string of the molecule is Cc1ccc2c(c1)C(=O)C(CC(F)(F)F)CO2. The van der Waals surface area contributed by atoms with E-state index in [1.807, 2.05) is 0 Å². The van der Waals surface area contributed by atoms with E-state index in [2.05, 4.69) is 0 Å². The standard InChI is InChI=1S/C12H11F3O2/c1-7-2-3-10-9(4-7)11(16)8(6-17-10)5-12(13,14)15/h2-4,8H,5-6H2,1H3. The molecule has 0 fully saturated rings. The summed E-state index contributed by atoms with van der Waals surface area (Å²) in [6.07, 6.45) is -5.47. The van der Waals surface area contributed by atoms with E-state index >= 15 is 0 Å². The number of halogens is 3. The lowest BCUT2D eigenvalue weighted by Crippen LogP contribution is -2.31. The lowest BCUT2D eigenvalue weighted by Gasteiger charge is -2.25. The van der Waals surface area contributed by atoms with Gasteiger partial charge in [-0.2, -0.15) is 13.2 Å². The summed E-state index contributed by atoms with van der Waals surface area (Å²) < 4.78 is 42.0. The van der Waals surface area contributed by atoms with Gasteiger partial charge in [0.15, 0.2) is 5.78 Å². The number of aryl methyl sites for hydroxylation is 1. The largest absolute Gasteiger partial charge is 0.492 e. The van der Waals surface area contributed by atoms with E-state index in [4.69, 9.17) is 4.74 Å². The van der Waals surface area contributed by atoms with Gasteiger partial charge in [-0.1, -0.05) is 11.6 Å². The van der Waals surface area contributed by atoms with Crippen LogP contribution >= 0.6 is 0 Å². The molecule has 1 aliphatic rings. The van der Waals surface area contributed by atoms with Crippen molar-refractivity contribution in [3.63, 3.8) is 0 Å². The topological polar surface area (TPSA) is 26.3 Å². The minimum Gasteiger partial charge on any atom is -0.492 e. The molecule has 1 aromatic carbocycles. The second-order valence-corrected chi connectivity index (χ2v) is 4.19. The van der Waals surface area contributed by atoms with Gasteiger partial charge in [-0.25, -0.2) is 0 Å². The Labute approximate surface area is 96.4 Å². The molecule has 1 aromatic rings. The molecule has 0 saturated carbocycles. The first kappa shape index (κ1) is 12.0. The highest BCUT2D eigenvalue weighted by Crippen LogP contribution is 2.33. The van der Waals surface area contributed by atoms with Crippen molar-refractivity contribution in [1.82, 2.24) is 0 Å². The molecule has 0 spiro atoms. The average Bonchev–Trinajstić information content (AvgIpc) is 2.21. The zero-order valence-corrected chi connectivity index (χ0v) is 9.17. The van der Waals surface area contributed by atoms with Crippen molar-refractivity contribution < 1.29 is 22.7 Å². The van der Waals surface area contributed by atoms with Gasteiger partial charge in [-0.3, -0.25) is 4.79 Å². The average molecular weight is 244 g/mol. The monoisotopic (exact) mass is 244 g/mol. The Bertz CT molecular complexity index is 452. The molecule has 0 saturated heterocycles. The second kappa shape index (κ2) is 4.05. The predicted molar refractivity (Wildman–Crippen MR) is 55.2 cm³/mol. The van der Waals surface area contributed by atoms with Crippen molar-refractivity contribution >= 4 is 5.78 Å². The van der Waals surface area contributed by atoms with Crippen molar-refractivity contribution in [2.45, 2.75) is 19.5 Å². The first-order chi connectivity index (χ1) is 7.87. The molecule has 0 aliphatic carbocycles. The highest BCUT2D eigenvalue weighted by Gasteiger charge is 2.38. The van der Waals surface area contributed by atoms with E-state index in [0.29, 0.717) is 5.75 Å². The maximum Gasteiger partial charge on any atom is 0.389 e. The maximum absolute atomic E-state index is 12.3. The third-order valence-electron chi connectivity index (χ3n) is 2.69. The molecule has 0 amide bonds. The number of Topliss-reactive ketones (excluding diaryl/α,β-unsaturated/α-hetero) is 1. The van der Waals surface area contributed by atoms with Crippen LogP contribution in [0.5, 0.6) is 5.75 Å². The molecule has 0 aromatic heterocycles. The molecule has 92 valence electrons. The van der Waals surface area contributed by atoms with E-state index in [1.54, 1.807) is 25.1 Å². The van der Waals surface area contributed by atoms with Crippen LogP contribution in [0.2, 0.25) is 0 Å². The number of hydrogen-bond donors (Lipinski definition) is 0. The van der Waals surface area contributed by atoms with Gasteiger partial charge in [0.25, 0.3) is 0 Å². The molecule has 17 heavy (non-hydrogen) atoms. The number of carbonyl (C=O) groups is 1. The number of benzene rings is 1. The van der Waals surface area contributed by atoms with Gasteiger partial charge >= 0.3 is 6.18 Å². The fourth-order valence-electron chi connectivity index (χ4n) is 1.88. The van der Waals surface area contributed by atoms with E-state index in [0.717, 1.165) is 5.56 Å². The number of ketones is 1. The minimum absolute atomic E-state index is 0.200. The van der Waals surface area contributed by atoms with E-state index < -0.39 is 24.3 Å². The molecule has 1 heterocycles. The first-order valence-corrected chi connectivity index (χ1v) is 5.21. The quantitative estimate of drug-likeness (QED) is 0.758. The van der Waals surface area contributed by atoms with Gasteiger partial charge in [-0.15, -0.1) is 0 Å². The number of rotatable bonds is 1. The molecule has 2 rings (SSSR count). The summed E-state index contributed by atoms with van der Waals surface area (Å²) >= 11 is 0. The van der Waals surface area contributed by atoms with Gasteiger partial charge < -0.3 is 4.74 Å². The Balaban J connectivity index is 2.26. The van der Waals surface area contributed by atoms with Crippen LogP contribution in [0, 0.1) is 12.8 Å². The molecule has 1 unspecified atom stereocenters. The summed E-state index contributed by atoms with van der Waals surface area (Å²) in [5.74, 6) is -1.23. The molecule has 5 heteroatoms. The normalized spacial score (nSPS) is 19.8. The fourth-order valence-corrected chi connectivity index (χ4v) is 1.88. The summed E-state index contributed by atoms with van der Waals surface area (Å²) in [6.45, 7) is 1.58. The van der Waals surface area contributed by atoms with Gasteiger partial charge in [0.2, 0.25) is 0 Å². The number of carbonyl (C=O) groups excluding carboxylic acids is 1. The van der Waals surface area contributed by atoms with Crippen molar-refractivity contribution in [1.29, 1.82) is 0 Å². The summed E-state index contributed by atoms with van der Waals surface area (Å²) in [4.78, 5) is 11.9. The lowest BCUT2D eigenvalue weighted by atomic mass is 9.91. The number of hydrogen-bond acceptors (Lipinski definition) is 2. The lowest BCUT2D eigenvalue weighted by molar-refractivity contribution is -0.143. The zero-order valence-electron chi connectivity index (χ0n) is 9.17. The highest BCUT2D eigenvalue weighted by atomic mass is 19.4.